The number of nitrogens with one attached hydrogen (secondary N) is 2. The normalized spacial score (nSPS) is 16.8. The van der Waals surface area contributed by atoms with Gasteiger partial charge in [0.1, 0.15) is 11.6 Å². The van der Waals surface area contributed by atoms with Crippen LogP contribution in [-0.4, -0.2) is 44.8 Å². The summed E-state index contributed by atoms with van der Waals surface area (Å²) >= 11 is 6.59. The fraction of sp³-hybridized carbons (Fsp3) is 0.409. The first-order chi connectivity index (χ1) is 14.7. The SMILES string of the molecule is Oc1nncc2cc(NCC3CC3)nc(Nc3ccc(CN4CCCC4)cc3Cl)c12. The first kappa shape index (κ1) is 19.3. The molecule has 156 valence electrons. The molecule has 0 bridgehead atoms. The molecule has 8 heteroatoms. The van der Waals surface area contributed by atoms with Crippen molar-refractivity contribution in [3.63, 3.8) is 0 Å². The van der Waals surface area contributed by atoms with E-state index in [0.29, 0.717) is 16.2 Å². The topological polar surface area (TPSA) is 86.2 Å². The predicted molar refractivity (Wildman–Crippen MR) is 119 cm³/mol. The van der Waals surface area contributed by atoms with E-state index in [0.717, 1.165) is 49.0 Å². The Hall–Kier alpha value is -2.64. The van der Waals surface area contributed by atoms with Crippen molar-refractivity contribution in [1.29, 1.82) is 0 Å². The minimum absolute atomic E-state index is 0.155. The molecule has 0 amide bonds. The van der Waals surface area contributed by atoms with Crippen molar-refractivity contribution in [1.82, 2.24) is 20.1 Å². The Morgan fingerprint density at radius 1 is 1.17 bits per heavy atom. The second-order valence-corrected chi connectivity index (χ2v) is 8.64. The number of halogens is 1. The van der Waals surface area contributed by atoms with E-state index in [2.05, 4.69) is 36.8 Å². The average Bonchev–Trinajstić information content (AvgIpc) is 3.43. The lowest BCUT2D eigenvalue weighted by Crippen LogP contribution is -2.18. The number of rotatable bonds is 7. The molecule has 3 heterocycles. The zero-order valence-electron chi connectivity index (χ0n) is 16.7. The van der Waals surface area contributed by atoms with Crippen LogP contribution in [0.5, 0.6) is 5.88 Å². The highest BCUT2D eigenvalue weighted by Crippen LogP contribution is 2.35. The number of aromatic nitrogens is 3. The quantitative estimate of drug-likeness (QED) is 0.513. The lowest BCUT2D eigenvalue weighted by molar-refractivity contribution is 0.331. The second kappa shape index (κ2) is 8.24. The van der Waals surface area contributed by atoms with Gasteiger partial charge < -0.3 is 15.7 Å². The maximum Gasteiger partial charge on any atom is 0.242 e. The van der Waals surface area contributed by atoms with Gasteiger partial charge in [-0.2, -0.15) is 5.10 Å². The van der Waals surface area contributed by atoms with Crippen LogP contribution in [-0.2, 0) is 6.54 Å². The van der Waals surface area contributed by atoms with E-state index in [9.17, 15) is 5.11 Å². The van der Waals surface area contributed by atoms with Gasteiger partial charge in [-0.3, -0.25) is 4.90 Å². The number of pyridine rings is 1. The molecular weight excluding hydrogens is 400 g/mol. The van der Waals surface area contributed by atoms with Crippen molar-refractivity contribution in [3.8, 4) is 5.88 Å². The summed E-state index contributed by atoms with van der Waals surface area (Å²) in [6.45, 7) is 4.11. The van der Waals surface area contributed by atoms with E-state index < -0.39 is 0 Å². The Kier molecular flexibility index (Phi) is 5.31. The van der Waals surface area contributed by atoms with Crippen LogP contribution in [0.15, 0.2) is 30.5 Å². The molecule has 1 aliphatic heterocycles. The number of aromatic hydroxyl groups is 1. The zero-order valence-corrected chi connectivity index (χ0v) is 17.5. The third-order valence-electron chi connectivity index (χ3n) is 5.78. The van der Waals surface area contributed by atoms with Gasteiger partial charge in [-0.25, -0.2) is 4.98 Å². The van der Waals surface area contributed by atoms with Crippen LogP contribution in [0.1, 0.15) is 31.2 Å². The molecule has 1 aliphatic carbocycles. The summed E-state index contributed by atoms with van der Waals surface area (Å²) in [7, 11) is 0. The zero-order chi connectivity index (χ0) is 20.5. The highest BCUT2D eigenvalue weighted by molar-refractivity contribution is 6.33. The van der Waals surface area contributed by atoms with Crippen molar-refractivity contribution in [3.05, 3.63) is 41.0 Å². The number of hydrogen-bond donors (Lipinski definition) is 3. The van der Waals surface area contributed by atoms with Crippen molar-refractivity contribution in [2.45, 2.75) is 32.2 Å². The van der Waals surface area contributed by atoms with Crippen LogP contribution in [0.25, 0.3) is 10.8 Å². The molecule has 2 fully saturated rings. The first-order valence-corrected chi connectivity index (χ1v) is 10.9. The molecule has 1 saturated heterocycles. The largest absolute Gasteiger partial charge is 0.492 e. The molecular formula is C22H25ClN6O. The number of fused-ring (bicyclic) bond motifs is 1. The van der Waals surface area contributed by atoms with Gasteiger partial charge in [-0.05, 0) is 68.5 Å². The number of likely N-dealkylation sites (tertiary alicyclic amines) is 1. The maximum atomic E-state index is 10.3. The van der Waals surface area contributed by atoms with Crippen LogP contribution in [0.3, 0.4) is 0 Å². The smallest absolute Gasteiger partial charge is 0.242 e. The minimum Gasteiger partial charge on any atom is -0.492 e. The fourth-order valence-corrected chi connectivity index (χ4v) is 4.18. The molecule has 0 spiro atoms. The third-order valence-corrected chi connectivity index (χ3v) is 6.10. The Labute approximate surface area is 180 Å². The maximum absolute atomic E-state index is 10.3. The molecule has 1 saturated carbocycles. The van der Waals surface area contributed by atoms with Gasteiger partial charge in [0.15, 0.2) is 0 Å². The monoisotopic (exact) mass is 424 g/mol. The van der Waals surface area contributed by atoms with E-state index in [1.54, 1.807) is 6.20 Å². The lowest BCUT2D eigenvalue weighted by atomic mass is 10.1. The minimum atomic E-state index is -0.155. The van der Waals surface area contributed by atoms with Crippen LogP contribution >= 0.6 is 11.6 Å². The molecule has 0 radical (unpaired) electrons. The second-order valence-electron chi connectivity index (χ2n) is 8.24. The van der Waals surface area contributed by atoms with Gasteiger partial charge in [-0.1, -0.05) is 17.7 Å². The van der Waals surface area contributed by atoms with Crippen LogP contribution in [0.4, 0.5) is 17.3 Å². The van der Waals surface area contributed by atoms with Crippen molar-refractivity contribution in [2.75, 3.05) is 30.3 Å². The fourth-order valence-electron chi connectivity index (χ4n) is 3.93. The Morgan fingerprint density at radius 3 is 2.77 bits per heavy atom. The van der Waals surface area contributed by atoms with Gasteiger partial charge in [0.25, 0.3) is 0 Å². The standard InChI is InChI=1S/C22H25ClN6O/c23-17-9-15(13-29-7-1-2-8-29)5-6-18(17)26-21-20-16(12-25-28-22(20)30)10-19(27-21)24-11-14-3-4-14/h5-6,9-10,12,14H,1-4,7-8,11,13H2,(H,28,30)(H2,24,26,27). The van der Waals surface area contributed by atoms with E-state index in [1.165, 1.54) is 31.2 Å². The van der Waals surface area contributed by atoms with Gasteiger partial charge in [-0.15, -0.1) is 5.10 Å². The van der Waals surface area contributed by atoms with Gasteiger partial charge >= 0.3 is 0 Å². The van der Waals surface area contributed by atoms with Crippen LogP contribution in [0, 0.1) is 5.92 Å². The van der Waals surface area contributed by atoms with E-state index in [1.807, 2.05) is 18.2 Å². The average molecular weight is 425 g/mol. The Bertz CT molecular complexity index is 1060. The van der Waals surface area contributed by atoms with E-state index in [-0.39, 0.29) is 5.88 Å². The lowest BCUT2D eigenvalue weighted by Gasteiger charge is -2.17. The molecule has 2 aliphatic rings. The molecule has 0 atom stereocenters. The molecule has 30 heavy (non-hydrogen) atoms. The van der Waals surface area contributed by atoms with Crippen molar-refractivity contribution < 1.29 is 5.11 Å². The van der Waals surface area contributed by atoms with Crippen molar-refractivity contribution >= 4 is 39.7 Å². The highest BCUT2D eigenvalue weighted by Gasteiger charge is 2.21. The molecule has 3 aromatic rings. The summed E-state index contributed by atoms with van der Waals surface area (Å²) in [5.74, 6) is 1.82. The molecule has 3 N–H and O–H groups in total. The highest BCUT2D eigenvalue weighted by atomic mass is 35.5. The summed E-state index contributed by atoms with van der Waals surface area (Å²) in [6.07, 6.45) is 6.69. The molecule has 7 nitrogen and oxygen atoms in total. The number of benzene rings is 1. The summed E-state index contributed by atoms with van der Waals surface area (Å²) in [5.41, 5.74) is 1.94. The number of hydrogen-bond acceptors (Lipinski definition) is 7. The summed E-state index contributed by atoms with van der Waals surface area (Å²) in [6, 6.07) is 7.94. The van der Waals surface area contributed by atoms with Crippen molar-refractivity contribution in [2.24, 2.45) is 5.92 Å². The van der Waals surface area contributed by atoms with Gasteiger partial charge in [0.2, 0.25) is 5.88 Å². The van der Waals surface area contributed by atoms with E-state index in [4.69, 9.17) is 11.6 Å². The third kappa shape index (κ3) is 4.27. The molecule has 1 aromatic carbocycles. The molecule has 2 aromatic heterocycles. The number of nitrogens with zero attached hydrogens (tertiary/aromatic N) is 4. The van der Waals surface area contributed by atoms with Gasteiger partial charge in [0, 0.05) is 18.5 Å². The van der Waals surface area contributed by atoms with Crippen LogP contribution < -0.4 is 10.6 Å². The summed E-state index contributed by atoms with van der Waals surface area (Å²) in [4.78, 5) is 7.13. The molecule has 0 unspecified atom stereocenters. The van der Waals surface area contributed by atoms with Crippen LogP contribution in [0.2, 0.25) is 5.02 Å². The number of anilines is 3. The van der Waals surface area contributed by atoms with E-state index >= 15 is 0 Å². The first-order valence-electron chi connectivity index (χ1n) is 10.5. The Morgan fingerprint density at radius 2 is 2.00 bits per heavy atom. The summed E-state index contributed by atoms with van der Waals surface area (Å²) < 4.78 is 0. The molecule has 5 rings (SSSR count). The predicted octanol–water partition coefficient (Wildman–Crippen LogP) is 4.55. The van der Waals surface area contributed by atoms with Gasteiger partial charge in [0.05, 0.1) is 22.3 Å². The Balaban J connectivity index is 1.43. The summed E-state index contributed by atoms with van der Waals surface area (Å²) in [5, 5.41) is 26.6.